The Bertz CT molecular complexity index is 399. The molecule has 19 heavy (non-hydrogen) atoms. The van der Waals surface area contributed by atoms with Gasteiger partial charge in [-0.05, 0) is 33.3 Å². The Morgan fingerprint density at radius 1 is 1.32 bits per heavy atom. The summed E-state index contributed by atoms with van der Waals surface area (Å²) in [6.07, 6.45) is 0.567. The van der Waals surface area contributed by atoms with Crippen LogP contribution in [0, 0.1) is 6.92 Å². The Hall–Kier alpha value is -1.35. The van der Waals surface area contributed by atoms with Crippen molar-refractivity contribution < 1.29 is 4.79 Å². The lowest BCUT2D eigenvalue weighted by Crippen LogP contribution is -2.33. The van der Waals surface area contributed by atoms with Gasteiger partial charge in [-0.3, -0.25) is 4.79 Å². The van der Waals surface area contributed by atoms with Crippen LogP contribution in [0.25, 0.3) is 0 Å². The molecular weight excluding hydrogens is 236 g/mol. The zero-order chi connectivity index (χ0) is 14.3. The zero-order valence-electron chi connectivity index (χ0n) is 12.6. The summed E-state index contributed by atoms with van der Waals surface area (Å²) in [5.41, 5.74) is 2.54. The summed E-state index contributed by atoms with van der Waals surface area (Å²) in [6, 6.07) is 8.76. The molecule has 0 saturated heterocycles. The monoisotopic (exact) mass is 262 g/mol. The third-order valence-electron chi connectivity index (χ3n) is 3.45. The van der Waals surface area contributed by atoms with E-state index in [0.717, 1.165) is 19.6 Å². The highest BCUT2D eigenvalue weighted by Gasteiger charge is 2.10. The Labute approximate surface area is 117 Å². The number of aryl methyl sites for hydroxylation is 1. The molecule has 1 unspecified atom stereocenters. The fourth-order valence-electron chi connectivity index (χ4n) is 2.19. The molecule has 1 atom stereocenters. The van der Waals surface area contributed by atoms with E-state index in [-0.39, 0.29) is 11.9 Å². The van der Waals surface area contributed by atoms with Crippen molar-refractivity contribution in [1.29, 1.82) is 0 Å². The van der Waals surface area contributed by atoms with E-state index in [4.69, 9.17) is 0 Å². The normalized spacial score (nSPS) is 12.2. The number of carbonyl (C=O) groups excluding carboxylic acids is 1. The smallest absolute Gasteiger partial charge is 0.223 e. The van der Waals surface area contributed by atoms with Gasteiger partial charge in [0.05, 0.1) is 0 Å². The molecule has 0 fully saturated rings. The molecule has 106 valence electrons. The number of benzene rings is 1. The number of carbonyl (C=O) groups is 1. The molecule has 0 saturated carbocycles. The molecule has 1 aromatic rings. The Balaban J connectivity index is 2.39. The van der Waals surface area contributed by atoms with Gasteiger partial charge in [0, 0.05) is 32.1 Å². The highest BCUT2D eigenvalue weighted by molar-refractivity contribution is 5.76. The zero-order valence-corrected chi connectivity index (χ0v) is 12.6. The van der Waals surface area contributed by atoms with E-state index in [9.17, 15) is 4.79 Å². The minimum Gasteiger partial charge on any atom is -0.343 e. The first-order valence-corrected chi connectivity index (χ1v) is 7.16. The van der Waals surface area contributed by atoms with Crippen molar-refractivity contribution in [3.8, 4) is 0 Å². The van der Waals surface area contributed by atoms with E-state index in [1.165, 1.54) is 11.1 Å². The Morgan fingerprint density at radius 3 is 2.58 bits per heavy atom. The van der Waals surface area contributed by atoms with Crippen molar-refractivity contribution in [1.82, 2.24) is 10.2 Å². The molecule has 0 radical (unpaired) electrons. The van der Waals surface area contributed by atoms with Crippen LogP contribution in [0.4, 0.5) is 0 Å². The maximum atomic E-state index is 11.9. The molecule has 1 rings (SSSR count). The molecule has 0 spiro atoms. The SMILES string of the molecule is CCN(CC)C(=O)CCNC(C)c1cccc(C)c1. The quantitative estimate of drug-likeness (QED) is 0.819. The lowest BCUT2D eigenvalue weighted by molar-refractivity contribution is -0.130. The van der Waals surface area contributed by atoms with Crippen molar-refractivity contribution in [3.63, 3.8) is 0 Å². The van der Waals surface area contributed by atoms with E-state index in [2.05, 4.69) is 43.4 Å². The van der Waals surface area contributed by atoms with Crippen molar-refractivity contribution in [2.45, 2.75) is 40.2 Å². The lowest BCUT2D eigenvalue weighted by Gasteiger charge is -2.20. The number of nitrogens with zero attached hydrogens (tertiary/aromatic N) is 1. The minimum absolute atomic E-state index is 0.231. The molecule has 0 aliphatic heterocycles. The predicted molar refractivity (Wildman–Crippen MR) is 80.1 cm³/mol. The van der Waals surface area contributed by atoms with Crippen LogP contribution in [-0.2, 0) is 4.79 Å². The maximum Gasteiger partial charge on any atom is 0.223 e. The van der Waals surface area contributed by atoms with Crippen LogP contribution in [0.1, 0.15) is 44.4 Å². The lowest BCUT2D eigenvalue weighted by atomic mass is 10.1. The molecule has 3 nitrogen and oxygen atoms in total. The van der Waals surface area contributed by atoms with Gasteiger partial charge in [-0.1, -0.05) is 29.8 Å². The average molecular weight is 262 g/mol. The summed E-state index contributed by atoms with van der Waals surface area (Å²) in [7, 11) is 0. The Kier molecular flexibility index (Phi) is 6.57. The number of hydrogen-bond acceptors (Lipinski definition) is 2. The third-order valence-corrected chi connectivity index (χ3v) is 3.45. The summed E-state index contributed by atoms with van der Waals surface area (Å²) in [5.74, 6) is 0.231. The number of rotatable bonds is 7. The van der Waals surface area contributed by atoms with Gasteiger partial charge < -0.3 is 10.2 Å². The van der Waals surface area contributed by atoms with Gasteiger partial charge in [0.15, 0.2) is 0 Å². The van der Waals surface area contributed by atoms with Crippen molar-refractivity contribution in [3.05, 3.63) is 35.4 Å². The van der Waals surface area contributed by atoms with Crippen LogP contribution in [0.5, 0.6) is 0 Å². The van der Waals surface area contributed by atoms with Crippen LogP contribution in [0.15, 0.2) is 24.3 Å². The van der Waals surface area contributed by atoms with E-state index < -0.39 is 0 Å². The first-order valence-electron chi connectivity index (χ1n) is 7.16. The second-order valence-corrected chi connectivity index (χ2v) is 4.91. The van der Waals surface area contributed by atoms with Crippen LogP contribution in [0.3, 0.4) is 0 Å². The van der Waals surface area contributed by atoms with Crippen LogP contribution < -0.4 is 5.32 Å². The number of amides is 1. The van der Waals surface area contributed by atoms with E-state index in [0.29, 0.717) is 6.42 Å². The fourth-order valence-corrected chi connectivity index (χ4v) is 2.19. The van der Waals surface area contributed by atoms with Gasteiger partial charge in [0.25, 0.3) is 0 Å². The molecule has 0 aliphatic carbocycles. The summed E-state index contributed by atoms with van der Waals surface area (Å²) in [5, 5.41) is 3.41. The molecular formula is C16H26N2O. The van der Waals surface area contributed by atoms with E-state index in [1.807, 2.05) is 18.7 Å². The summed E-state index contributed by atoms with van der Waals surface area (Å²) in [6.45, 7) is 10.6. The number of hydrogen-bond donors (Lipinski definition) is 1. The van der Waals surface area contributed by atoms with Crippen LogP contribution in [-0.4, -0.2) is 30.4 Å². The van der Waals surface area contributed by atoms with Gasteiger partial charge in [-0.2, -0.15) is 0 Å². The molecule has 1 aromatic carbocycles. The highest BCUT2D eigenvalue weighted by atomic mass is 16.2. The van der Waals surface area contributed by atoms with Gasteiger partial charge in [-0.15, -0.1) is 0 Å². The summed E-state index contributed by atoms with van der Waals surface area (Å²) >= 11 is 0. The highest BCUT2D eigenvalue weighted by Crippen LogP contribution is 2.13. The third kappa shape index (κ3) is 5.03. The fraction of sp³-hybridized carbons (Fsp3) is 0.562. The molecule has 1 N–H and O–H groups in total. The van der Waals surface area contributed by atoms with E-state index in [1.54, 1.807) is 0 Å². The summed E-state index contributed by atoms with van der Waals surface area (Å²) < 4.78 is 0. The van der Waals surface area contributed by atoms with Crippen LogP contribution in [0.2, 0.25) is 0 Å². The van der Waals surface area contributed by atoms with Gasteiger partial charge in [0.2, 0.25) is 5.91 Å². The van der Waals surface area contributed by atoms with Gasteiger partial charge in [0.1, 0.15) is 0 Å². The van der Waals surface area contributed by atoms with Crippen molar-refractivity contribution in [2.24, 2.45) is 0 Å². The van der Waals surface area contributed by atoms with Gasteiger partial charge >= 0.3 is 0 Å². The standard InChI is InChI=1S/C16H26N2O/c1-5-18(6-2)16(19)10-11-17-14(4)15-9-7-8-13(3)12-15/h7-9,12,14,17H,5-6,10-11H2,1-4H3. The second-order valence-electron chi connectivity index (χ2n) is 4.91. The molecule has 0 heterocycles. The molecule has 0 aromatic heterocycles. The molecule has 0 aliphatic rings. The first-order chi connectivity index (χ1) is 9.08. The number of nitrogens with one attached hydrogen (secondary N) is 1. The van der Waals surface area contributed by atoms with Crippen molar-refractivity contribution in [2.75, 3.05) is 19.6 Å². The minimum atomic E-state index is 0.231. The Morgan fingerprint density at radius 2 is 2.00 bits per heavy atom. The largest absolute Gasteiger partial charge is 0.343 e. The molecule has 1 amide bonds. The van der Waals surface area contributed by atoms with Crippen molar-refractivity contribution >= 4 is 5.91 Å². The maximum absolute atomic E-state index is 11.9. The van der Waals surface area contributed by atoms with Gasteiger partial charge in [-0.25, -0.2) is 0 Å². The van der Waals surface area contributed by atoms with E-state index >= 15 is 0 Å². The second kappa shape index (κ2) is 7.95. The topological polar surface area (TPSA) is 32.3 Å². The average Bonchev–Trinajstić information content (AvgIpc) is 2.40. The summed E-state index contributed by atoms with van der Waals surface area (Å²) in [4.78, 5) is 13.7. The first kappa shape index (κ1) is 15.7. The predicted octanol–water partition coefficient (Wildman–Crippen LogP) is 2.90. The van der Waals surface area contributed by atoms with Crippen LogP contribution >= 0.6 is 0 Å². The molecule has 0 bridgehead atoms. The molecule has 3 heteroatoms.